The van der Waals surface area contributed by atoms with E-state index < -0.39 is 23.7 Å². The number of carboxylic acid groups (broad SMARTS) is 1. The first-order valence-corrected chi connectivity index (χ1v) is 6.69. The molecule has 0 bridgehead atoms. The zero-order chi connectivity index (χ0) is 14.7. The third-order valence-electron chi connectivity index (χ3n) is 2.92. The minimum absolute atomic E-state index is 0.0433. The Morgan fingerprint density at radius 3 is 2.70 bits per heavy atom. The lowest BCUT2D eigenvalue weighted by Crippen LogP contribution is -2.36. The van der Waals surface area contributed by atoms with E-state index in [1.807, 2.05) is 0 Å². The van der Waals surface area contributed by atoms with Crippen LogP contribution in [0.5, 0.6) is 0 Å². The molecule has 0 aliphatic heterocycles. The number of hydrogen-bond donors (Lipinski definition) is 3. The highest BCUT2D eigenvalue weighted by Gasteiger charge is 2.25. The van der Waals surface area contributed by atoms with Crippen LogP contribution in [0.2, 0.25) is 0 Å². The number of nitrogens with one attached hydrogen (secondary N) is 2. The Balaban J connectivity index is 1.94. The maximum atomic E-state index is 13.5. The summed E-state index contributed by atoms with van der Waals surface area (Å²) < 4.78 is 14.0. The highest BCUT2D eigenvalue weighted by Crippen LogP contribution is 2.25. The van der Waals surface area contributed by atoms with Gasteiger partial charge in [-0.3, -0.25) is 4.79 Å². The summed E-state index contributed by atoms with van der Waals surface area (Å²) in [6.07, 6.45) is 3.45. The summed E-state index contributed by atoms with van der Waals surface area (Å²) in [5.74, 6) is -2.08. The monoisotopic (exact) mass is 342 g/mol. The van der Waals surface area contributed by atoms with Gasteiger partial charge in [0.1, 0.15) is 5.82 Å². The van der Waals surface area contributed by atoms with Crippen molar-refractivity contribution in [2.45, 2.75) is 12.5 Å². The van der Waals surface area contributed by atoms with Gasteiger partial charge in [0.2, 0.25) is 0 Å². The molecule has 2 amide bonds. The van der Waals surface area contributed by atoms with Gasteiger partial charge in [-0.2, -0.15) is 0 Å². The van der Waals surface area contributed by atoms with Crippen molar-refractivity contribution in [2.75, 3.05) is 5.32 Å². The van der Waals surface area contributed by atoms with Crippen molar-refractivity contribution in [2.24, 2.45) is 5.92 Å². The molecule has 0 spiro atoms. The minimum atomic E-state index is -0.928. The molecule has 0 heterocycles. The van der Waals surface area contributed by atoms with Crippen molar-refractivity contribution in [3.05, 3.63) is 40.6 Å². The van der Waals surface area contributed by atoms with Crippen LogP contribution in [0.4, 0.5) is 14.9 Å². The molecule has 106 valence electrons. The van der Waals surface area contributed by atoms with E-state index in [1.165, 1.54) is 18.2 Å². The Labute approximate surface area is 123 Å². The number of amides is 2. The fraction of sp³-hybridized carbons (Fsp3) is 0.231. The summed E-state index contributed by atoms with van der Waals surface area (Å²) in [7, 11) is 0. The zero-order valence-corrected chi connectivity index (χ0v) is 11.9. The number of halogens is 2. The van der Waals surface area contributed by atoms with Crippen LogP contribution in [0, 0.1) is 11.7 Å². The van der Waals surface area contributed by atoms with E-state index in [1.54, 1.807) is 12.1 Å². The third kappa shape index (κ3) is 3.36. The second-order valence-electron chi connectivity index (χ2n) is 4.37. The first-order valence-electron chi connectivity index (χ1n) is 5.90. The number of para-hydroxylation sites is 1. The van der Waals surface area contributed by atoms with Gasteiger partial charge in [0, 0.05) is 4.47 Å². The molecule has 0 saturated heterocycles. The maximum absolute atomic E-state index is 13.5. The Kier molecular flexibility index (Phi) is 4.39. The predicted octanol–water partition coefficient (Wildman–Crippen LogP) is 2.74. The van der Waals surface area contributed by atoms with Gasteiger partial charge in [-0.05, 0) is 34.5 Å². The third-order valence-corrected chi connectivity index (χ3v) is 3.58. The number of urea groups is 1. The minimum Gasteiger partial charge on any atom is -0.481 e. The van der Waals surface area contributed by atoms with Gasteiger partial charge < -0.3 is 15.7 Å². The molecule has 1 aliphatic rings. The van der Waals surface area contributed by atoms with Gasteiger partial charge in [-0.25, -0.2) is 9.18 Å². The van der Waals surface area contributed by atoms with Gasteiger partial charge in [0.15, 0.2) is 0 Å². The molecule has 2 rings (SSSR count). The van der Waals surface area contributed by atoms with Gasteiger partial charge in [0.05, 0.1) is 17.6 Å². The molecule has 2 unspecified atom stereocenters. The smallest absolute Gasteiger partial charge is 0.319 e. The molecule has 3 N–H and O–H groups in total. The quantitative estimate of drug-likeness (QED) is 0.739. The first kappa shape index (κ1) is 14.5. The van der Waals surface area contributed by atoms with Crippen LogP contribution >= 0.6 is 15.9 Å². The Hall–Kier alpha value is -1.89. The van der Waals surface area contributed by atoms with E-state index >= 15 is 0 Å². The standard InChI is InChI=1S/C13H12BrFN2O3/c14-9-2-1-3-10(15)11(9)17-13(20)16-8-5-4-7(6-8)12(18)19/h1-5,7-8H,6H2,(H,18,19)(H2,16,17,20). The van der Waals surface area contributed by atoms with Gasteiger partial charge in [0.25, 0.3) is 0 Å². The highest BCUT2D eigenvalue weighted by atomic mass is 79.9. The number of hydrogen-bond acceptors (Lipinski definition) is 2. The fourth-order valence-corrected chi connectivity index (χ4v) is 2.37. The molecule has 2 atom stereocenters. The molecule has 7 heteroatoms. The Morgan fingerprint density at radius 1 is 1.35 bits per heavy atom. The number of benzene rings is 1. The van der Waals surface area contributed by atoms with Crippen molar-refractivity contribution >= 4 is 33.6 Å². The molecule has 1 aliphatic carbocycles. The van der Waals surface area contributed by atoms with E-state index in [2.05, 4.69) is 26.6 Å². The molecule has 0 aromatic heterocycles. The van der Waals surface area contributed by atoms with Crippen molar-refractivity contribution < 1.29 is 19.1 Å². The molecule has 1 aromatic carbocycles. The fourth-order valence-electron chi connectivity index (χ4n) is 1.92. The van der Waals surface area contributed by atoms with Gasteiger partial charge >= 0.3 is 12.0 Å². The second-order valence-corrected chi connectivity index (χ2v) is 5.22. The molecule has 0 radical (unpaired) electrons. The number of aliphatic carboxylic acids is 1. The van der Waals surface area contributed by atoms with Crippen molar-refractivity contribution in [1.82, 2.24) is 5.32 Å². The Bertz CT molecular complexity index is 556. The number of carbonyl (C=O) groups is 2. The Morgan fingerprint density at radius 2 is 2.10 bits per heavy atom. The lowest BCUT2D eigenvalue weighted by atomic mass is 10.1. The van der Waals surface area contributed by atoms with Crippen LogP contribution in [0.15, 0.2) is 34.8 Å². The van der Waals surface area contributed by atoms with E-state index in [0.717, 1.165) is 0 Å². The SMILES string of the molecule is O=C(Nc1c(F)cccc1Br)NC1C=CC(C(=O)O)C1. The van der Waals surface area contributed by atoms with E-state index in [0.29, 0.717) is 10.9 Å². The van der Waals surface area contributed by atoms with Crippen molar-refractivity contribution in [3.63, 3.8) is 0 Å². The van der Waals surface area contributed by atoms with Crippen LogP contribution in [-0.4, -0.2) is 23.1 Å². The maximum Gasteiger partial charge on any atom is 0.319 e. The van der Waals surface area contributed by atoms with Crippen LogP contribution in [0.25, 0.3) is 0 Å². The lowest BCUT2D eigenvalue weighted by molar-refractivity contribution is -0.140. The number of carboxylic acids is 1. The summed E-state index contributed by atoms with van der Waals surface area (Å²) >= 11 is 3.14. The van der Waals surface area contributed by atoms with E-state index in [9.17, 15) is 14.0 Å². The van der Waals surface area contributed by atoms with Crippen molar-refractivity contribution in [1.29, 1.82) is 0 Å². The molecule has 5 nitrogen and oxygen atoms in total. The number of rotatable bonds is 3. The largest absolute Gasteiger partial charge is 0.481 e. The summed E-state index contributed by atoms with van der Waals surface area (Å²) in [4.78, 5) is 22.5. The summed E-state index contributed by atoms with van der Waals surface area (Å²) in [6, 6.07) is 3.39. The molecular weight excluding hydrogens is 331 g/mol. The van der Waals surface area contributed by atoms with Crippen LogP contribution < -0.4 is 10.6 Å². The topological polar surface area (TPSA) is 78.4 Å². The van der Waals surface area contributed by atoms with Crippen LogP contribution in [0.1, 0.15) is 6.42 Å². The molecular formula is C13H12BrFN2O3. The molecule has 20 heavy (non-hydrogen) atoms. The normalized spacial score (nSPS) is 20.7. The molecule has 0 saturated carbocycles. The van der Waals surface area contributed by atoms with Gasteiger partial charge in [-0.15, -0.1) is 0 Å². The molecule has 0 fully saturated rings. The highest BCUT2D eigenvalue weighted by molar-refractivity contribution is 9.10. The van der Waals surface area contributed by atoms with Gasteiger partial charge in [-0.1, -0.05) is 18.2 Å². The first-order chi connectivity index (χ1) is 9.47. The summed E-state index contributed by atoms with van der Waals surface area (Å²) in [6.45, 7) is 0. The predicted molar refractivity (Wildman–Crippen MR) is 74.9 cm³/mol. The number of anilines is 1. The van der Waals surface area contributed by atoms with Crippen molar-refractivity contribution in [3.8, 4) is 0 Å². The average molecular weight is 343 g/mol. The second kappa shape index (κ2) is 6.04. The number of carbonyl (C=O) groups excluding carboxylic acids is 1. The average Bonchev–Trinajstić information content (AvgIpc) is 2.82. The van der Waals surface area contributed by atoms with E-state index in [-0.39, 0.29) is 11.7 Å². The lowest BCUT2D eigenvalue weighted by Gasteiger charge is -2.14. The van der Waals surface area contributed by atoms with Crippen LogP contribution in [-0.2, 0) is 4.79 Å². The summed E-state index contributed by atoms with van der Waals surface area (Å²) in [5, 5.41) is 13.8. The van der Waals surface area contributed by atoms with E-state index in [4.69, 9.17) is 5.11 Å². The van der Waals surface area contributed by atoms with Crippen LogP contribution in [0.3, 0.4) is 0 Å². The molecule has 1 aromatic rings. The summed E-state index contributed by atoms with van der Waals surface area (Å²) in [5.41, 5.74) is 0.0433. The zero-order valence-electron chi connectivity index (χ0n) is 10.3.